The topological polar surface area (TPSA) is 185 Å². The Morgan fingerprint density at radius 2 is 1.37 bits per heavy atom. The van der Waals surface area contributed by atoms with Crippen molar-refractivity contribution in [1.29, 1.82) is 0 Å². The van der Waals surface area contributed by atoms with E-state index in [1.165, 1.54) is 31.4 Å². The molecule has 1 aliphatic carbocycles. The van der Waals surface area contributed by atoms with Gasteiger partial charge in [-0.2, -0.15) is 16.8 Å². The third-order valence-corrected chi connectivity index (χ3v) is 7.42. The molecule has 0 saturated heterocycles. The summed E-state index contributed by atoms with van der Waals surface area (Å²) in [6, 6.07) is 5.05. The van der Waals surface area contributed by atoms with Gasteiger partial charge in [0.05, 0.1) is 19.8 Å². The standard InChI is InChI=1S/C15H16O11S2.2Na.2H/c1-25-10-5-3-9(4-6-10)13(16)11-7-15(27(19,20)21,28(22,23)24)12(26-2)8-14(11,17)18;;;;/h3-8,17-18H,1-2H3,(H,19,20,21)(H,22,23,24);;;;/q;2*+1;2*-1. The molecule has 0 aromatic heterocycles. The SMILES string of the molecule is COC1=CC(O)(O)C(C(=O)c2ccc(OC)cc2)=CC1(S(=O)(=O)O)S(=O)(=O)O.[H-].[H-].[Na+].[Na+]. The summed E-state index contributed by atoms with van der Waals surface area (Å²) in [5.74, 6) is -5.27. The third-order valence-electron chi connectivity index (χ3n) is 3.99. The molecule has 0 unspecified atom stereocenters. The fraction of sp³-hybridized carbons (Fsp3) is 0.267. The van der Waals surface area contributed by atoms with Crippen molar-refractivity contribution in [3.63, 3.8) is 0 Å². The molecule has 30 heavy (non-hydrogen) atoms. The molecule has 0 radical (unpaired) electrons. The van der Waals surface area contributed by atoms with Gasteiger partial charge in [0.25, 0.3) is 24.3 Å². The van der Waals surface area contributed by atoms with Crippen molar-refractivity contribution in [1.82, 2.24) is 0 Å². The van der Waals surface area contributed by atoms with Crippen molar-refractivity contribution in [2.24, 2.45) is 0 Å². The summed E-state index contributed by atoms with van der Waals surface area (Å²) in [6.07, 6.45) is 0.189. The van der Waals surface area contributed by atoms with Crippen LogP contribution in [0.25, 0.3) is 0 Å². The van der Waals surface area contributed by atoms with Gasteiger partial charge in [0.1, 0.15) is 11.5 Å². The van der Waals surface area contributed by atoms with Crippen molar-refractivity contribution < 1.29 is 112 Å². The Labute approximate surface area is 219 Å². The predicted octanol–water partition coefficient (Wildman–Crippen LogP) is -6.27. The normalized spacial score (nSPS) is 17.4. The number of ketones is 1. The van der Waals surface area contributed by atoms with E-state index in [4.69, 9.17) is 4.74 Å². The second-order valence-corrected chi connectivity index (χ2v) is 9.12. The molecule has 0 saturated carbocycles. The predicted molar refractivity (Wildman–Crippen MR) is 95.7 cm³/mol. The molecule has 1 aromatic rings. The van der Waals surface area contributed by atoms with Crippen molar-refractivity contribution in [3.05, 3.63) is 53.3 Å². The number of Topliss-reactive ketones (excluding diaryl/α,β-unsaturated/α-hetero) is 1. The fourth-order valence-electron chi connectivity index (χ4n) is 2.60. The van der Waals surface area contributed by atoms with E-state index in [2.05, 4.69) is 4.74 Å². The molecule has 0 spiro atoms. The van der Waals surface area contributed by atoms with Gasteiger partial charge in [0, 0.05) is 11.6 Å². The zero-order valence-electron chi connectivity index (χ0n) is 18.4. The molecule has 2 rings (SSSR count). The molecule has 11 nitrogen and oxygen atoms in total. The van der Waals surface area contributed by atoms with Crippen molar-refractivity contribution in [2.75, 3.05) is 14.2 Å². The van der Waals surface area contributed by atoms with Crippen molar-refractivity contribution >= 4 is 26.0 Å². The van der Waals surface area contributed by atoms with Crippen LogP contribution in [-0.4, -0.2) is 66.0 Å². The smallest absolute Gasteiger partial charge is 1.00 e. The van der Waals surface area contributed by atoms with Gasteiger partial charge in [-0.3, -0.25) is 13.9 Å². The second-order valence-electron chi connectivity index (χ2n) is 5.67. The van der Waals surface area contributed by atoms with Gasteiger partial charge in [-0.1, -0.05) is 0 Å². The van der Waals surface area contributed by atoms with E-state index >= 15 is 0 Å². The number of hydrogen-bond donors (Lipinski definition) is 4. The summed E-state index contributed by atoms with van der Waals surface area (Å²) < 4.78 is 72.3. The first-order chi connectivity index (χ1) is 12.7. The summed E-state index contributed by atoms with van der Waals surface area (Å²) in [5, 5.41) is 20.3. The average molecular weight is 484 g/mol. The first-order valence-electron chi connectivity index (χ1n) is 7.29. The average Bonchev–Trinajstić information content (AvgIpc) is 2.58. The van der Waals surface area contributed by atoms with Crippen molar-refractivity contribution in [2.45, 2.75) is 9.87 Å². The van der Waals surface area contributed by atoms with Crippen LogP contribution in [0, 0.1) is 0 Å². The van der Waals surface area contributed by atoms with Crippen LogP contribution < -0.4 is 63.9 Å². The maximum absolute atomic E-state index is 12.7. The van der Waals surface area contributed by atoms with Gasteiger partial charge >= 0.3 is 59.1 Å². The maximum atomic E-state index is 12.7. The quantitative estimate of drug-likeness (QED) is 0.130. The van der Waals surface area contributed by atoms with Crippen LogP contribution in [-0.2, 0) is 25.0 Å². The number of carbonyl (C=O) groups is 1. The minimum Gasteiger partial charge on any atom is -1.00 e. The Morgan fingerprint density at radius 1 is 0.900 bits per heavy atom. The largest absolute Gasteiger partial charge is 1.00 e. The Bertz CT molecular complexity index is 1050. The van der Waals surface area contributed by atoms with Gasteiger partial charge in [0.15, 0.2) is 5.78 Å². The van der Waals surface area contributed by atoms with Gasteiger partial charge in [-0.15, -0.1) is 0 Å². The Kier molecular flexibility index (Phi) is 10.0. The van der Waals surface area contributed by atoms with E-state index in [-0.39, 0.29) is 79.7 Å². The molecule has 15 heteroatoms. The van der Waals surface area contributed by atoms with E-state index in [0.29, 0.717) is 5.75 Å². The Morgan fingerprint density at radius 3 is 1.73 bits per heavy atom. The van der Waals surface area contributed by atoms with E-state index in [1.54, 1.807) is 0 Å². The molecule has 1 aliphatic rings. The number of ether oxygens (including phenoxy) is 2. The number of carbonyl (C=O) groups excluding carboxylic acids is 1. The van der Waals surface area contributed by atoms with Crippen LogP contribution in [0.1, 0.15) is 13.2 Å². The van der Waals surface area contributed by atoms with Crippen molar-refractivity contribution in [3.8, 4) is 5.75 Å². The first-order valence-corrected chi connectivity index (χ1v) is 10.2. The van der Waals surface area contributed by atoms with Gasteiger partial charge in [0.2, 0.25) is 5.79 Å². The summed E-state index contributed by atoms with van der Waals surface area (Å²) in [6.45, 7) is 0. The summed E-state index contributed by atoms with van der Waals surface area (Å²) >= 11 is 0. The molecular formula is C15H18Na2O11S2. The van der Waals surface area contributed by atoms with Crippen LogP contribution in [0.5, 0.6) is 5.75 Å². The third kappa shape index (κ3) is 5.19. The van der Waals surface area contributed by atoms with Crippen LogP contribution in [0.3, 0.4) is 0 Å². The van der Waals surface area contributed by atoms with Gasteiger partial charge < -0.3 is 22.5 Å². The molecule has 0 fully saturated rings. The monoisotopic (exact) mass is 484 g/mol. The Balaban J connectivity index is -0.00000210. The van der Waals surface area contributed by atoms with Crippen LogP contribution >= 0.6 is 0 Å². The number of hydrogen-bond acceptors (Lipinski definition) is 9. The molecule has 0 aliphatic heterocycles. The first kappa shape index (κ1) is 29.7. The van der Waals surface area contributed by atoms with E-state index in [1.807, 2.05) is 0 Å². The number of aliphatic hydroxyl groups is 2. The molecule has 0 atom stereocenters. The number of rotatable bonds is 6. The fourth-order valence-corrected chi connectivity index (χ4v) is 4.99. The summed E-state index contributed by atoms with van der Waals surface area (Å²) in [7, 11) is -9.32. The van der Waals surface area contributed by atoms with Crippen LogP contribution in [0.2, 0.25) is 0 Å². The number of methoxy groups -OCH3 is 2. The van der Waals surface area contributed by atoms with E-state index in [9.17, 15) is 40.9 Å². The second kappa shape index (κ2) is 10.1. The van der Waals surface area contributed by atoms with Crippen LogP contribution in [0.4, 0.5) is 0 Å². The number of benzene rings is 1. The molecule has 4 N–H and O–H groups in total. The van der Waals surface area contributed by atoms with Gasteiger partial charge in [-0.25, -0.2) is 0 Å². The van der Waals surface area contributed by atoms with Gasteiger partial charge in [-0.05, 0) is 30.3 Å². The molecule has 1 aromatic carbocycles. The molecule has 0 bridgehead atoms. The van der Waals surface area contributed by atoms with E-state index in [0.717, 1.165) is 7.11 Å². The minimum atomic E-state index is -5.72. The molecule has 158 valence electrons. The zero-order chi connectivity index (χ0) is 21.5. The zero-order valence-corrected chi connectivity index (χ0v) is 22.1. The summed E-state index contributed by atoms with van der Waals surface area (Å²) in [5.41, 5.74) is -1.36. The van der Waals surface area contributed by atoms with Crippen LogP contribution in [0.15, 0.2) is 47.7 Å². The minimum absolute atomic E-state index is 0. The molecule has 0 heterocycles. The Hall–Kier alpha value is -0.290. The maximum Gasteiger partial charge on any atom is 1.00 e. The molecule has 0 amide bonds. The van der Waals surface area contributed by atoms with E-state index < -0.39 is 47.2 Å². The molecular weight excluding hydrogens is 466 g/mol. The summed E-state index contributed by atoms with van der Waals surface area (Å²) in [4.78, 5) is 12.7.